The van der Waals surface area contributed by atoms with Gasteiger partial charge in [0.1, 0.15) is 5.82 Å². The van der Waals surface area contributed by atoms with Gasteiger partial charge in [0.2, 0.25) is 0 Å². The molecule has 0 radical (unpaired) electrons. The summed E-state index contributed by atoms with van der Waals surface area (Å²) < 4.78 is 25.7. The third-order valence-corrected chi connectivity index (χ3v) is 4.13. The lowest BCUT2D eigenvalue weighted by Gasteiger charge is -2.32. The molecule has 0 saturated heterocycles. The molecular formula is C19H32BFN2O3. The number of benzene rings is 1. The van der Waals surface area contributed by atoms with Gasteiger partial charge in [-0.15, -0.1) is 0 Å². The van der Waals surface area contributed by atoms with Crippen molar-refractivity contribution in [2.45, 2.75) is 66.6 Å². The van der Waals surface area contributed by atoms with Gasteiger partial charge in [0, 0.05) is 29.7 Å². The summed E-state index contributed by atoms with van der Waals surface area (Å²) in [4.78, 5) is 0. The van der Waals surface area contributed by atoms with Gasteiger partial charge in [0.05, 0.1) is 16.7 Å². The van der Waals surface area contributed by atoms with Gasteiger partial charge in [-0.05, 0) is 53.5 Å². The summed E-state index contributed by atoms with van der Waals surface area (Å²) in [5.74, 6) is -0.0991. The van der Waals surface area contributed by atoms with Gasteiger partial charge in [-0.2, -0.15) is 5.10 Å². The fourth-order valence-electron chi connectivity index (χ4n) is 2.01. The second-order valence-corrected chi connectivity index (χ2v) is 8.35. The van der Waals surface area contributed by atoms with Gasteiger partial charge in [-0.25, -0.2) is 4.39 Å². The van der Waals surface area contributed by atoms with E-state index in [0.29, 0.717) is 11.0 Å². The van der Waals surface area contributed by atoms with Crippen LogP contribution >= 0.6 is 0 Å². The summed E-state index contributed by atoms with van der Waals surface area (Å²) in [5.41, 5.74) is 0.965. The molecule has 2 rings (SSSR count). The number of aromatic amines is 1. The van der Waals surface area contributed by atoms with E-state index in [-0.39, 0.29) is 11.7 Å². The molecule has 5 nitrogen and oxygen atoms in total. The van der Waals surface area contributed by atoms with Crippen LogP contribution in [0.15, 0.2) is 12.1 Å². The summed E-state index contributed by atoms with van der Waals surface area (Å²) in [6, 6.07) is 3.15. The summed E-state index contributed by atoms with van der Waals surface area (Å²) >= 11 is 0. The van der Waals surface area contributed by atoms with Gasteiger partial charge >= 0.3 is 7.12 Å². The molecular weight excluding hydrogens is 334 g/mol. The molecule has 0 aliphatic carbocycles. The van der Waals surface area contributed by atoms with Gasteiger partial charge in [-0.3, -0.25) is 5.10 Å². The van der Waals surface area contributed by atoms with E-state index in [1.165, 1.54) is 13.2 Å². The minimum Gasteiger partial charge on any atom is -0.410 e. The lowest BCUT2D eigenvalue weighted by atomic mass is 9.75. The maximum absolute atomic E-state index is 14.3. The van der Waals surface area contributed by atoms with Gasteiger partial charge in [0.15, 0.2) is 0 Å². The zero-order valence-electron chi connectivity index (χ0n) is 17.4. The first-order chi connectivity index (χ1) is 11.8. The Morgan fingerprint density at radius 2 is 1.73 bits per heavy atom. The highest BCUT2D eigenvalue weighted by Crippen LogP contribution is 2.23. The summed E-state index contributed by atoms with van der Waals surface area (Å²) in [6.07, 6.45) is 0. The summed E-state index contributed by atoms with van der Waals surface area (Å²) in [6.45, 7) is 15.2. The minimum absolute atomic E-state index is 0.276. The lowest BCUT2D eigenvalue weighted by Crippen LogP contribution is -2.46. The van der Waals surface area contributed by atoms with E-state index >= 15 is 0 Å². The SMILES string of the molecule is CC(C)(C)O.COB(OC(C)(C)C(C)C)c1cc2c(C)[nH]nc2cc1F. The molecule has 1 heterocycles. The van der Waals surface area contributed by atoms with Crippen LogP contribution in [0.25, 0.3) is 10.9 Å². The van der Waals surface area contributed by atoms with E-state index in [1.807, 2.05) is 20.8 Å². The third kappa shape index (κ3) is 6.38. The maximum Gasteiger partial charge on any atom is 0.497 e. The number of hydrogen-bond donors (Lipinski definition) is 2. The molecule has 0 spiro atoms. The molecule has 0 bridgehead atoms. The molecule has 1 aromatic carbocycles. The van der Waals surface area contributed by atoms with Crippen LogP contribution < -0.4 is 5.46 Å². The first-order valence-corrected chi connectivity index (χ1v) is 8.83. The van der Waals surface area contributed by atoms with E-state index < -0.39 is 18.3 Å². The van der Waals surface area contributed by atoms with E-state index in [0.717, 1.165) is 11.1 Å². The molecule has 146 valence electrons. The Morgan fingerprint density at radius 3 is 2.19 bits per heavy atom. The second-order valence-electron chi connectivity index (χ2n) is 8.35. The highest BCUT2D eigenvalue weighted by atomic mass is 19.1. The number of aromatic nitrogens is 2. The van der Waals surface area contributed by atoms with E-state index in [4.69, 9.17) is 14.4 Å². The number of H-pyrrole nitrogens is 1. The quantitative estimate of drug-likeness (QED) is 0.794. The van der Waals surface area contributed by atoms with Gasteiger partial charge in [0.25, 0.3) is 0 Å². The number of aryl methyl sites for hydroxylation is 1. The maximum atomic E-state index is 14.3. The Morgan fingerprint density at radius 1 is 1.19 bits per heavy atom. The molecule has 0 unspecified atom stereocenters. The van der Waals surface area contributed by atoms with Crippen molar-refractivity contribution in [2.24, 2.45) is 5.92 Å². The first kappa shape index (κ1) is 22.6. The summed E-state index contributed by atoms with van der Waals surface area (Å²) in [7, 11) is 0.772. The van der Waals surface area contributed by atoms with Crippen LogP contribution in [0, 0.1) is 18.7 Å². The van der Waals surface area contributed by atoms with Crippen LogP contribution in [-0.2, 0) is 9.31 Å². The monoisotopic (exact) mass is 366 g/mol. The first-order valence-electron chi connectivity index (χ1n) is 8.83. The van der Waals surface area contributed by atoms with Crippen molar-refractivity contribution >= 4 is 23.5 Å². The Kier molecular flexibility index (Phi) is 7.39. The van der Waals surface area contributed by atoms with Crippen LogP contribution in [0.1, 0.15) is 54.2 Å². The number of aliphatic hydroxyl groups is 1. The number of halogens is 1. The predicted octanol–water partition coefficient (Wildman–Crippen LogP) is 3.58. The van der Waals surface area contributed by atoms with Crippen molar-refractivity contribution < 1.29 is 18.8 Å². The lowest BCUT2D eigenvalue weighted by molar-refractivity contribution is 0.0369. The van der Waals surface area contributed by atoms with Crippen molar-refractivity contribution in [3.63, 3.8) is 0 Å². The number of fused-ring (bicyclic) bond motifs is 1. The van der Waals surface area contributed by atoms with E-state index in [9.17, 15) is 4.39 Å². The highest BCUT2D eigenvalue weighted by Gasteiger charge is 2.34. The molecule has 2 aromatic rings. The molecule has 0 atom stereocenters. The van der Waals surface area contributed by atoms with E-state index in [1.54, 1.807) is 26.8 Å². The minimum atomic E-state index is -0.749. The molecule has 2 N–H and O–H groups in total. The Hall–Kier alpha value is -1.44. The zero-order chi connectivity index (χ0) is 20.3. The van der Waals surface area contributed by atoms with Crippen LogP contribution in [0.3, 0.4) is 0 Å². The van der Waals surface area contributed by atoms with Crippen LogP contribution in [0.5, 0.6) is 0 Å². The van der Waals surface area contributed by atoms with Crippen LogP contribution in [0.4, 0.5) is 4.39 Å². The topological polar surface area (TPSA) is 67.4 Å². The molecule has 0 amide bonds. The highest BCUT2D eigenvalue weighted by molar-refractivity contribution is 6.61. The molecule has 1 aromatic heterocycles. The molecule has 0 fully saturated rings. The third-order valence-electron chi connectivity index (χ3n) is 4.13. The standard InChI is InChI=1S/C15H22BFN2O2.C4H10O/c1-9(2)15(4,5)21-16(20-6)12-7-11-10(3)18-19-14(11)8-13(12)17;1-4(2,3)5/h7-9H,1-6H3,(H,18,19);5H,1-3H3. The number of hydrogen-bond acceptors (Lipinski definition) is 4. The Labute approximate surface area is 156 Å². The Bertz CT molecular complexity index is 717. The molecule has 0 aliphatic rings. The van der Waals surface area contributed by atoms with Crippen molar-refractivity contribution in [2.75, 3.05) is 7.11 Å². The van der Waals surface area contributed by atoms with Crippen molar-refractivity contribution in [3.8, 4) is 0 Å². The number of nitrogens with one attached hydrogen (secondary N) is 1. The number of rotatable bonds is 5. The largest absolute Gasteiger partial charge is 0.497 e. The van der Waals surface area contributed by atoms with E-state index in [2.05, 4.69) is 24.0 Å². The average molecular weight is 366 g/mol. The molecule has 26 heavy (non-hydrogen) atoms. The smallest absolute Gasteiger partial charge is 0.410 e. The normalized spacial score (nSPS) is 12.3. The fourth-order valence-corrected chi connectivity index (χ4v) is 2.01. The molecule has 7 heteroatoms. The van der Waals surface area contributed by atoms with Crippen molar-refractivity contribution in [3.05, 3.63) is 23.6 Å². The van der Waals surface area contributed by atoms with Crippen LogP contribution in [0.2, 0.25) is 0 Å². The zero-order valence-corrected chi connectivity index (χ0v) is 17.4. The Balaban J connectivity index is 0.000000597. The fraction of sp³-hybridized carbons (Fsp3) is 0.632. The van der Waals surface area contributed by atoms with Crippen molar-refractivity contribution in [1.82, 2.24) is 10.2 Å². The second kappa shape index (κ2) is 8.50. The summed E-state index contributed by atoms with van der Waals surface area (Å²) in [5, 5.41) is 16.3. The number of nitrogens with zero attached hydrogens (tertiary/aromatic N) is 1. The van der Waals surface area contributed by atoms with Crippen LogP contribution in [-0.4, -0.2) is 40.7 Å². The molecule has 0 aliphatic heterocycles. The van der Waals surface area contributed by atoms with Gasteiger partial charge < -0.3 is 14.4 Å². The predicted molar refractivity (Wildman–Crippen MR) is 105 cm³/mol. The average Bonchev–Trinajstić information content (AvgIpc) is 2.83. The molecule has 0 saturated carbocycles. The van der Waals surface area contributed by atoms with Gasteiger partial charge in [-0.1, -0.05) is 13.8 Å². The van der Waals surface area contributed by atoms with Crippen molar-refractivity contribution in [1.29, 1.82) is 0 Å².